The molecule has 1 aromatic rings. The number of aliphatic hydroxyl groups excluding tert-OH is 1. The molecular formula is C19H27NO7. The van der Waals surface area contributed by atoms with Crippen LogP contribution in [0.2, 0.25) is 0 Å². The second-order valence-electron chi connectivity index (χ2n) is 7.35. The number of imide groups is 1. The summed E-state index contributed by atoms with van der Waals surface area (Å²) in [6.45, 7) is 5.34. The van der Waals surface area contributed by atoms with Crippen molar-refractivity contribution in [2.45, 2.75) is 32.7 Å². The molecule has 1 aliphatic heterocycles. The van der Waals surface area contributed by atoms with Crippen molar-refractivity contribution < 1.29 is 33.6 Å². The van der Waals surface area contributed by atoms with E-state index in [1.54, 1.807) is 12.1 Å². The number of hydrogen-bond donors (Lipinski definition) is 1. The fourth-order valence-corrected chi connectivity index (χ4v) is 3.14. The molecule has 1 saturated heterocycles. The Morgan fingerprint density at radius 2 is 1.78 bits per heavy atom. The summed E-state index contributed by atoms with van der Waals surface area (Å²) >= 11 is 0. The molecule has 2 amide bonds. The van der Waals surface area contributed by atoms with Crippen LogP contribution in [0.5, 0.6) is 17.2 Å². The highest BCUT2D eigenvalue weighted by Crippen LogP contribution is 2.41. The molecule has 0 radical (unpaired) electrons. The summed E-state index contributed by atoms with van der Waals surface area (Å²) in [6.07, 6.45) is -0.718. The Kier molecular flexibility index (Phi) is 6.20. The summed E-state index contributed by atoms with van der Waals surface area (Å²) in [5.74, 6) is -0.514. The predicted molar refractivity (Wildman–Crippen MR) is 97.4 cm³/mol. The second kappa shape index (κ2) is 8.04. The monoisotopic (exact) mass is 381 g/mol. The number of cyclic esters (lactones) is 1. The molecule has 1 N–H and O–H groups in total. The molecular weight excluding hydrogens is 354 g/mol. The van der Waals surface area contributed by atoms with Crippen LogP contribution in [0.1, 0.15) is 32.3 Å². The lowest BCUT2D eigenvalue weighted by Gasteiger charge is -2.33. The molecule has 1 fully saturated rings. The van der Waals surface area contributed by atoms with E-state index in [0.29, 0.717) is 22.8 Å². The molecule has 27 heavy (non-hydrogen) atoms. The molecule has 0 spiro atoms. The van der Waals surface area contributed by atoms with E-state index in [4.69, 9.17) is 18.9 Å². The number of hydrogen-bond acceptors (Lipinski definition) is 7. The van der Waals surface area contributed by atoms with Gasteiger partial charge in [-0.1, -0.05) is 20.8 Å². The number of nitrogens with zero attached hydrogens (tertiary/aromatic N) is 1. The van der Waals surface area contributed by atoms with Crippen LogP contribution in [0, 0.1) is 5.41 Å². The summed E-state index contributed by atoms with van der Waals surface area (Å²) in [5, 5.41) is 10.0. The average Bonchev–Trinajstić information content (AvgIpc) is 3.03. The van der Waals surface area contributed by atoms with Gasteiger partial charge in [0, 0.05) is 12.1 Å². The zero-order valence-corrected chi connectivity index (χ0v) is 16.6. The highest BCUT2D eigenvalue weighted by molar-refractivity contribution is 5.98. The SMILES string of the molecule is COc1cc(OC)c([C@H](CO)C(=O)N2C(=O)OC[C@@H]2C(C)(C)C)c(OC)c1. The lowest BCUT2D eigenvalue weighted by molar-refractivity contribution is -0.133. The van der Waals surface area contributed by atoms with Gasteiger partial charge in [-0.2, -0.15) is 0 Å². The van der Waals surface area contributed by atoms with E-state index < -0.39 is 30.6 Å². The van der Waals surface area contributed by atoms with Gasteiger partial charge in [0.1, 0.15) is 23.9 Å². The van der Waals surface area contributed by atoms with E-state index in [-0.39, 0.29) is 12.0 Å². The van der Waals surface area contributed by atoms with Crippen molar-refractivity contribution in [2.75, 3.05) is 34.5 Å². The predicted octanol–water partition coefficient (Wildman–Crippen LogP) is 2.18. The van der Waals surface area contributed by atoms with E-state index >= 15 is 0 Å². The Labute approximate surface area is 159 Å². The van der Waals surface area contributed by atoms with E-state index in [1.165, 1.54) is 21.3 Å². The molecule has 1 aliphatic rings. The van der Waals surface area contributed by atoms with Crippen molar-refractivity contribution in [1.29, 1.82) is 0 Å². The van der Waals surface area contributed by atoms with Gasteiger partial charge in [0.05, 0.1) is 45.5 Å². The molecule has 1 heterocycles. The first-order valence-corrected chi connectivity index (χ1v) is 8.60. The van der Waals surface area contributed by atoms with Crippen LogP contribution >= 0.6 is 0 Å². The summed E-state index contributed by atoms with van der Waals surface area (Å²) in [4.78, 5) is 26.6. The molecule has 2 rings (SSSR count). The minimum atomic E-state index is -1.06. The minimum Gasteiger partial charge on any atom is -0.496 e. The van der Waals surface area contributed by atoms with Crippen molar-refractivity contribution in [3.05, 3.63) is 17.7 Å². The summed E-state index contributed by atoms with van der Waals surface area (Å²) in [7, 11) is 4.38. The number of carbonyl (C=O) groups excluding carboxylic acids is 2. The first kappa shape index (κ1) is 20.8. The molecule has 2 atom stereocenters. The van der Waals surface area contributed by atoms with Gasteiger partial charge < -0.3 is 24.1 Å². The van der Waals surface area contributed by atoms with Gasteiger partial charge in [0.2, 0.25) is 5.91 Å². The maximum absolute atomic E-state index is 13.3. The smallest absolute Gasteiger partial charge is 0.417 e. The van der Waals surface area contributed by atoms with Crippen molar-refractivity contribution in [2.24, 2.45) is 5.41 Å². The van der Waals surface area contributed by atoms with E-state index in [2.05, 4.69) is 0 Å². The largest absolute Gasteiger partial charge is 0.496 e. The fourth-order valence-electron chi connectivity index (χ4n) is 3.14. The van der Waals surface area contributed by atoms with Crippen molar-refractivity contribution >= 4 is 12.0 Å². The zero-order chi connectivity index (χ0) is 20.4. The topological polar surface area (TPSA) is 94.5 Å². The first-order valence-electron chi connectivity index (χ1n) is 8.60. The van der Waals surface area contributed by atoms with Crippen LogP contribution in [0.15, 0.2) is 12.1 Å². The summed E-state index contributed by atoms with van der Waals surface area (Å²) in [5.41, 5.74) is -0.0312. The fraction of sp³-hybridized carbons (Fsp3) is 0.579. The third-order valence-corrected chi connectivity index (χ3v) is 4.69. The Balaban J connectivity index is 2.53. The van der Waals surface area contributed by atoms with Crippen LogP contribution in [-0.2, 0) is 9.53 Å². The Hall–Kier alpha value is -2.48. The quantitative estimate of drug-likeness (QED) is 0.807. The standard InChI is InChI=1S/C19H27NO7/c1-19(2,3)15-10-27-18(23)20(15)17(22)12(9-21)16-13(25-5)7-11(24-4)8-14(16)26-6/h7-8,12,15,21H,9-10H2,1-6H3/t12-,15+/m0/s1. The lowest BCUT2D eigenvalue weighted by Crippen LogP contribution is -2.48. The van der Waals surface area contributed by atoms with Gasteiger partial charge in [0.15, 0.2) is 0 Å². The van der Waals surface area contributed by atoms with Crippen LogP contribution in [0.25, 0.3) is 0 Å². The zero-order valence-electron chi connectivity index (χ0n) is 16.6. The van der Waals surface area contributed by atoms with Gasteiger partial charge in [-0.15, -0.1) is 0 Å². The molecule has 0 aliphatic carbocycles. The highest BCUT2D eigenvalue weighted by atomic mass is 16.6. The third-order valence-electron chi connectivity index (χ3n) is 4.69. The molecule has 0 bridgehead atoms. The van der Waals surface area contributed by atoms with Crippen LogP contribution in [0.3, 0.4) is 0 Å². The molecule has 0 unspecified atom stereocenters. The van der Waals surface area contributed by atoms with Crippen molar-refractivity contribution in [3.63, 3.8) is 0 Å². The van der Waals surface area contributed by atoms with Gasteiger partial charge in [0.25, 0.3) is 0 Å². The van der Waals surface area contributed by atoms with Crippen LogP contribution < -0.4 is 14.2 Å². The lowest BCUT2D eigenvalue weighted by atomic mass is 9.85. The maximum atomic E-state index is 13.3. The van der Waals surface area contributed by atoms with Crippen molar-refractivity contribution in [1.82, 2.24) is 4.90 Å². The third kappa shape index (κ3) is 3.95. The molecule has 0 aromatic heterocycles. The number of aliphatic hydroxyl groups is 1. The van der Waals surface area contributed by atoms with Gasteiger partial charge in [-0.05, 0) is 5.41 Å². The Morgan fingerprint density at radius 3 is 2.19 bits per heavy atom. The van der Waals surface area contributed by atoms with Crippen LogP contribution in [-0.4, -0.2) is 62.6 Å². The molecule has 1 aromatic carbocycles. The normalized spacial score (nSPS) is 18.1. The number of methoxy groups -OCH3 is 3. The number of carbonyl (C=O) groups is 2. The molecule has 150 valence electrons. The molecule has 8 nitrogen and oxygen atoms in total. The maximum Gasteiger partial charge on any atom is 0.417 e. The Morgan fingerprint density at radius 1 is 1.22 bits per heavy atom. The number of ether oxygens (including phenoxy) is 4. The van der Waals surface area contributed by atoms with E-state index in [0.717, 1.165) is 4.90 Å². The van der Waals surface area contributed by atoms with E-state index in [1.807, 2.05) is 20.8 Å². The highest BCUT2D eigenvalue weighted by Gasteiger charge is 2.47. The number of benzene rings is 1. The average molecular weight is 381 g/mol. The van der Waals surface area contributed by atoms with Gasteiger partial charge in [-0.3, -0.25) is 4.79 Å². The van der Waals surface area contributed by atoms with Crippen LogP contribution in [0.4, 0.5) is 4.79 Å². The Bertz CT molecular complexity index is 685. The van der Waals surface area contributed by atoms with Gasteiger partial charge in [-0.25, -0.2) is 9.69 Å². The molecule has 8 heteroatoms. The minimum absolute atomic E-state index is 0.114. The molecule has 0 saturated carbocycles. The number of amides is 2. The second-order valence-corrected chi connectivity index (χ2v) is 7.35. The van der Waals surface area contributed by atoms with Gasteiger partial charge >= 0.3 is 6.09 Å². The first-order chi connectivity index (χ1) is 12.7. The summed E-state index contributed by atoms with van der Waals surface area (Å²) in [6, 6.07) is 2.75. The van der Waals surface area contributed by atoms with E-state index in [9.17, 15) is 14.7 Å². The number of rotatable bonds is 6. The summed E-state index contributed by atoms with van der Waals surface area (Å²) < 4.78 is 21.1. The van der Waals surface area contributed by atoms with Crippen molar-refractivity contribution in [3.8, 4) is 17.2 Å².